The van der Waals surface area contributed by atoms with Gasteiger partial charge in [0.1, 0.15) is 17.1 Å². The van der Waals surface area contributed by atoms with Crippen molar-refractivity contribution in [1.82, 2.24) is 0 Å². The molecule has 0 bridgehead atoms. The lowest BCUT2D eigenvalue weighted by Crippen LogP contribution is -2.60. The molecule has 0 aliphatic carbocycles. The summed E-state index contributed by atoms with van der Waals surface area (Å²) in [5, 5.41) is 1.10. The number of nitrogens with zero attached hydrogens (tertiary/aromatic N) is 2. The number of anilines is 5. The summed E-state index contributed by atoms with van der Waals surface area (Å²) in [6.45, 7) is 4.37. The maximum absolute atomic E-state index is 7.16. The zero-order valence-corrected chi connectivity index (χ0v) is 29.4. The maximum Gasteiger partial charge on any atom is 0.273 e. The van der Waals surface area contributed by atoms with E-state index in [2.05, 4.69) is 157 Å². The van der Waals surface area contributed by atoms with Gasteiger partial charge in [-0.3, -0.25) is 0 Å². The average Bonchev–Trinajstić information content (AvgIpc) is 3.69. The van der Waals surface area contributed by atoms with Crippen molar-refractivity contribution in [2.75, 3.05) is 9.80 Å². The Kier molecular flexibility index (Phi) is 5.80. The third-order valence-corrected chi connectivity index (χ3v) is 13.0. The molecule has 52 heavy (non-hydrogen) atoms. The van der Waals surface area contributed by atoms with Crippen LogP contribution in [0.25, 0.3) is 11.0 Å². The first kappa shape index (κ1) is 28.9. The van der Waals surface area contributed by atoms with E-state index >= 15 is 0 Å². The van der Waals surface area contributed by atoms with Gasteiger partial charge in [0.25, 0.3) is 13.4 Å². The number of furan rings is 1. The molecule has 1 aromatic heterocycles. The average molecular weight is 688 g/mol. The van der Waals surface area contributed by atoms with Crippen LogP contribution in [0.3, 0.4) is 0 Å². The Bertz CT molecular complexity index is 2690. The van der Waals surface area contributed by atoms with Crippen molar-refractivity contribution in [2.24, 2.45) is 0 Å². The lowest BCUT2D eigenvalue weighted by atomic mass is 9.32. The summed E-state index contributed by atoms with van der Waals surface area (Å²) in [6, 6.07) is 47.7. The fraction of sp³-hybridized carbons (Fsp3) is 0.0909. The monoisotopic (exact) mass is 688 g/mol. The summed E-state index contributed by atoms with van der Waals surface area (Å²) < 4.78 is 20.8. The largest absolute Gasteiger partial charge is 0.475 e. The van der Waals surface area contributed by atoms with Gasteiger partial charge in [-0.25, -0.2) is 0 Å². The summed E-state index contributed by atoms with van der Waals surface area (Å²) in [5.74, 6) is 2.89. The molecule has 0 saturated heterocycles. The standard InChI is InChI=1S/C44H30B2N2O3S/c1-25-26(2)49-44-39(25)46-41-34(48(44)28-15-7-4-8-16-28)20-12-22-38(41)52-42-29-23-37-31(24-36(29)51-43(42)46)45-30-17-9-10-18-32(30)47(27-13-5-3-6-14-27)33-19-11-21-35(50-37)40(33)45/h3-24,39,44H,1-2H3. The van der Waals surface area contributed by atoms with Gasteiger partial charge in [0, 0.05) is 44.5 Å². The topological polar surface area (TPSA) is 38.1 Å². The van der Waals surface area contributed by atoms with E-state index in [0.29, 0.717) is 0 Å². The fourth-order valence-corrected chi connectivity index (χ4v) is 10.8. The van der Waals surface area contributed by atoms with Crippen molar-refractivity contribution in [1.29, 1.82) is 0 Å². The van der Waals surface area contributed by atoms with Crippen LogP contribution in [-0.4, -0.2) is 19.7 Å². The number of fused-ring (bicyclic) bond motifs is 10. The number of allylic oxidation sites excluding steroid dienone is 1. The van der Waals surface area contributed by atoms with Gasteiger partial charge in [0.05, 0.1) is 16.3 Å². The molecule has 2 atom stereocenters. The molecule has 0 N–H and O–H groups in total. The van der Waals surface area contributed by atoms with Crippen LogP contribution in [-0.2, 0) is 4.74 Å². The second kappa shape index (κ2) is 10.4. The summed E-state index contributed by atoms with van der Waals surface area (Å²) in [6.07, 6.45) is -0.171. The molecule has 246 valence electrons. The second-order valence-electron chi connectivity index (χ2n) is 14.4. The summed E-state index contributed by atoms with van der Waals surface area (Å²) >= 11 is 1.82. The first-order valence-corrected chi connectivity index (χ1v) is 18.8. The van der Waals surface area contributed by atoms with Gasteiger partial charge in [0.2, 0.25) is 0 Å². The minimum Gasteiger partial charge on any atom is -0.475 e. The zero-order chi connectivity index (χ0) is 34.2. The van der Waals surface area contributed by atoms with E-state index < -0.39 is 0 Å². The Balaban J connectivity index is 1.06. The number of para-hydroxylation sites is 3. The van der Waals surface area contributed by atoms with Crippen LogP contribution < -0.4 is 42.0 Å². The first-order valence-electron chi connectivity index (χ1n) is 18.0. The Morgan fingerprint density at radius 1 is 0.654 bits per heavy atom. The van der Waals surface area contributed by atoms with Crippen molar-refractivity contribution >= 4 is 92.1 Å². The number of hydrogen-bond acceptors (Lipinski definition) is 6. The molecule has 6 heterocycles. The normalized spacial score (nSPS) is 18.6. The first-order chi connectivity index (χ1) is 25.6. The van der Waals surface area contributed by atoms with Crippen LogP contribution in [0.5, 0.6) is 11.5 Å². The molecule has 0 fully saturated rings. The van der Waals surface area contributed by atoms with Crippen molar-refractivity contribution in [3.05, 3.63) is 145 Å². The molecule has 0 saturated carbocycles. The van der Waals surface area contributed by atoms with Gasteiger partial charge in [-0.2, -0.15) is 0 Å². The van der Waals surface area contributed by atoms with Gasteiger partial charge in [0.15, 0.2) is 6.23 Å². The van der Waals surface area contributed by atoms with Gasteiger partial charge in [-0.15, -0.1) is 0 Å². The van der Waals surface area contributed by atoms with Crippen LogP contribution in [0.15, 0.2) is 159 Å². The quantitative estimate of drug-likeness (QED) is 0.171. The summed E-state index contributed by atoms with van der Waals surface area (Å²) in [4.78, 5) is 7.22. The zero-order valence-electron chi connectivity index (χ0n) is 28.5. The highest BCUT2D eigenvalue weighted by Gasteiger charge is 2.55. The fourth-order valence-electron chi connectivity index (χ4n) is 9.55. The third-order valence-electron chi connectivity index (χ3n) is 11.8. The van der Waals surface area contributed by atoms with E-state index in [1.807, 2.05) is 11.8 Å². The molecule has 0 radical (unpaired) electrons. The Hall–Kier alpha value is -5.72. The van der Waals surface area contributed by atoms with Crippen molar-refractivity contribution in [3.63, 3.8) is 0 Å². The van der Waals surface area contributed by atoms with E-state index in [-0.39, 0.29) is 25.5 Å². The predicted molar refractivity (Wildman–Crippen MR) is 213 cm³/mol. The molecule has 8 heteroatoms. The van der Waals surface area contributed by atoms with Crippen LogP contribution >= 0.6 is 11.8 Å². The molecule has 5 aliphatic heterocycles. The highest BCUT2D eigenvalue weighted by atomic mass is 32.2. The van der Waals surface area contributed by atoms with E-state index in [4.69, 9.17) is 13.9 Å². The van der Waals surface area contributed by atoms with Crippen molar-refractivity contribution < 1.29 is 13.9 Å². The third kappa shape index (κ3) is 3.72. The molecule has 0 spiro atoms. The summed E-state index contributed by atoms with van der Waals surface area (Å²) in [7, 11) is 0. The van der Waals surface area contributed by atoms with Gasteiger partial charge >= 0.3 is 0 Å². The van der Waals surface area contributed by atoms with Crippen LogP contribution in [0, 0.1) is 0 Å². The number of benzene rings is 6. The Morgan fingerprint density at radius 2 is 1.38 bits per heavy atom. The number of rotatable bonds is 2. The molecule has 12 rings (SSSR count). The van der Waals surface area contributed by atoms with Crippen molar-refractivity contribution in [3.8, 4) is 11.5 Å². The molecule has 0 amide bonds. The van der Waals surface area contributed by atoms with E-state index in [9.17, 15) is 0 Å². The SMILES string of the molecule is CC1=C(C)C2B3c4oc5cc6c(cc5c4Sc4cccc(c43)N(c3ccccc3)C2O1)Oc1cccc2c1B6c1ccccc1N2c1ccccc1. The minimum atomic E-state index is -0.171. The Morgan fingerprint density at radius 3 is 2.23 bits per heavy atom. The molecule has 2 unspecified atom stereocenters. The van der Waals surface area contributed by atoms with E-state index in [1.54, 1.807) is 0 Å². The van der Waals surface area contributed by atoms with Gasteiger partial charge in [-0.05, 0) is 108 Å². The highest BCUT2D eigenvalue weighted by Crippen LogP contribution is 2.52. The van der Waals surface area contributed by atoms with Crippen LogP contribution in [0.4, 0.5) is 28.4 Å². The highest BCUT2D eigenvalue weighted by molar-refractivity contribution is 8.00. The molecule has 6 aromatic carbocycles. The number of ether oxygens (including phenoxy) is 2. The second-order valence-corrected chi connectivity index (χ2v) is 15.4. The lowest BCUT2D eigenvalue weighted by Gasteiger charge is -2.44. The molecular weight excluding hydrogens is 658 g/mol. The minimum absolute atomic E-state index is 0.00337. The lowest BCUT2D eigenvalue weighted by molar-refractivity contribution is 0.148. The summed E-state index contributed by atoms with van der Waals surface area (Å²) in [5.41, 5.74) is 13.9. The molecule has 5 nitrogen and oxygen atoms in total. The van der Waals surface area contributed by atoms with Crippen LogP contribution in [0.1, 0.15) is 13.8 Å². The maximum atomic E-state index is 7.16. The van der Waals surface area contributed by atoms with Gasteiger partial charge < -0.3 is 23.7 Å². The van der Waals surface area contributed by atoms with E-state index in [0.717, 1.165) is 56.4 Å². The smallest absolute Gasteiger partial charge is 0.273 e. The Labute approximate surface area is 306 Å². The number of hydrogen-bond donors (Lipinski definition) is 0. The predicted octanol–water partition coefficient (Wildman–Crippen LogP) is 8.08. The molecule has 5 aliphatic rings. The van der Waals surface area contributed by atoms with E-state index in [1.165, 1.54) is 43.1 Å². The molecule has 7 aromatic rings. The van der Waals surface area contributed by atoms with Gasteiger partial charge in [-0.1, -0.05) is 78.5 Å². The molecular formula is C44H30B2N2O3S. The van der Waals surface area contributed by atoms with Crippen molar-refractivity contribution in [2.45, 2.75) is 35.7 Å². The van der Waals surface area contributed by atoms with Crippen LogP contribution in [0.2, 0.25) is 5.82 Å².